The highest BCUT2D eigenvalue weighted by Crippen LogP contribution is 2.30. The van der Waals surface area contributed by atoms with Gasteiger partial charge in [-0.3, -0.25) is 4.79 Å². The average molecular weight is 218 g/mol. The molecule has 2 heterocycles. The Balaban J connectivity index is 2.96. The van der Waals surface area contributed by atoms with E-state index in [1.807, 2.05) is 0 Å². The largest absolute Gasteiger partial charge is 0.435 e. The predicted octanol–water partition coefficient (Wildman–Crippen LogP) is 1.61. The first-order chi connectivity index (χ1) is 6.91. The third kappa shape index (κ3) is 1.39. The maximum atomic E-state index is 12.6. The highest BCUT2D eigenvalue weighted by molar-refractivity contribution is 5.38. The first-order valence-electron chi connectivity index (χ1n) is 3.96. The molecule has 0 bridgehead atoms. The Morgan fingerprint density at radius 2 is 2.13 bits per heavy atom. The molecule has 15 heavy (non-hydrogen) atoms. The van der Waals surface area contributed by atoms with E-state index in [9.17, 15) is 18.0 Å². The molecule has 0 aliphatic heterocycles. The predicted molar refractivity (Wildman–Crippen MR) is 43.5 cm³/mol. The topological polar surface area (TPSA) is 47.5 Å². The molecular weight excluding hydrogens is 213 g/mol. The number of rotatable bonds is 0. The van der Waals surface area contributed by atoms with E-state index in [4.69, 9.17) is 0 Å². The Labute approximate surface area is 80.9 Å². The molecule has 0 aliphatic carbocycles. The first-order valence-corrected chi connectivity index (χ1v) is 3.96. The molecule has 0 aliphatic rings. The van der Waals surface area contributed by atoms with Crippen LogP contribution in [-0.4, -0.2) is 9.56 Å². The quantitative estimate of drug-likeness (QED) is 0.674. The van der Waals surface area contributed by atoms with Gasteiger partial charge in [0.2, 0.25) is 0 Å². The lowest BCUT2D eigenvalue weighted by Gasteiger charge is -2.09. The summed E-state index contributed by atoms with van der Waals surface area (Å²) in [7, 11) is 0. The van der Waals surface area contributed by atoms with Crippen molar-refractivity contribution < 1.29 is 17.7 Å². The van der Waals surface area contributed by atoms with Crippen molar-refractivity contribution in [3.05, 3.63) is 33.9 Å². The number of hydrogen-bond acceptors (Lipinski definition) is 3. The van der Waals surface area contributed by atoms with E-state index < -0.39 is 23.0 Å². The fourth-order valence-corrected chi connectivity index (χ4v) is 1.29. The molecule has 0 radical (unpaired) electrons. The Kier molecular flexibility index (Phi) is 1.85. The minimum atomic E-state index is -4.65. The Morgan fingerprint density at radius 1 is 1.47 bits per heavy atom. The van der Waals surface area contributed by atoms with Crippen LogP contribution in [-0.2, 0) is 6.18 Å². The van der Waals surface area contributed by atoms with Crippen molar-refractivity contribution in [1.82, 2.24) is 9.56 Å². The van der Waals surface area contributed by atoms with E-state index in [-0.39, 0.29) is 5.65 Å². The number of alkyl halides is 3. The summed E-state index contributed by atoms with van der Waals surface area (Å²) in [6.07, 6.45) is -3.61. The molecule has 0 saturated heterocycles. The molecule has 0 aromatic carbocycles. The number of aromatic nitrogens is 2. The Hall–Kier alpha value is -1.79. The zero-order chi connectivity index (χ0) is 11.2. The maximum Gasteiger partial charge on any atom is 0.435 e. The van der Waals surface area contributed by atoms with Gasteiger partial charge in [0, 0.05) is 11.6 Å². The van der Waals surface area contributed by atoms with Gasteiger partial charge in [-0.15, -0.1) is 0 Å². The summed E-state index contributed by atoms with van der Waals surface area (Å²) in [4.78, 5) is 14.6. The van der Waals surface area contributed by atoms with Crippen LogP contribution in [0.1, 0.15) is 11.3 Å². The van der Waals surface area contributed by atoms with E-state index in [1.165, 1.54) is 6.07 Å². The smallest absolute Gasteiger partial charge is 0.381 e. The molecule has 0 fully saturated rings. The zero-order valence-corrected chi connectivity index (χ0v) is 7.50. The van der Waals surface area contributed by atoms with E-state index in [1.54, 1.807) is 0 Å². The molecule has 0 spiro atoms. The summed E-state index contributed by atoms with van der Waals surface area (Å²) in [5.74, 6) is 0. The normalized spacial score (nSPS) is 12.3. The summed E-state index contributed by atoms with van der Waals surface area (Å²) in [5, 5.41) is 0. The van der Waals surface area contributed by atoms with Gasteiger partial charge in [0.25, 0.3) is 5.56 Å². The van der Waals surface area contributed by atoms with Crippen molar-refractivity contribution in [1.29, 1.82) is 0 Å². The Bertz CT molecular complexity index is 567. The minimum Gasteiger partial charge on any atom is -0.381 e. The van der Waals surface area contributed by atoms with Crippen LogP contribution in [0.3, 0.4) is 0 Å². The van der Waals surface area contributed by atoms with Crippen LogP contribution in [0, 0.1) is 6.92 Å². The molecule has 80 valence electrons. The second-order valence-electron chi connectivity index (χ2n) is 2.95. The van der Waals surface area contributed by atoms with Gasteiger partial charge in [-0.25, -0.2) is 0 Å². The van der Waals surface area contributed by atoms with E-state index in [0.717, 1.165) is 13.2 Å². The monoisotopic (exact) mass is 218 g/mol. The van der Waals surface area contributed by atoms with E-state index >= 15 is 0 Å². The van der Waals surface area contributed by atoms with Gasteiger partial charge in [-0.05, 0) is 6.92 Å². The van der Waals surface area contributed by atoms with E-state index in [2.05, 4.69) is 9.51 Å². The molecular formula is C8H5F3N2O2. The second kappa shape index (κ2) is 2.85. The summed E-state index contributed by atoms with van der Waals surface area (Å²) >= 11 is 0. The van der Waals surface area contributed by atoms with Gasteiger partial charge < -0.3 is 4.52 Å². The third-order valence-electron chi connectivity index (χ3n) is 1.96. The molecule has 7 heteroatoms. The van der Waals surface area contributed by atoms with Crippen LogP contribution in [0.4, 0.5) is 13.2 Å². The summed E-state index contributed by atoms with van der Waals surface area (Å²) in [6.45, 7) is 1.06. The second-order valence-corrected chi connectivity index (χ2v) is 2.95. The first kappa shape index (κ1) is 9.75. The van der Waals surface area contributed by atoms with Crippen LogP contribution in [0.2, 0.25) is 0 Å². The van der Waals surface area contributed by atoms with Crippen LogP contribution in [0.5, 0.6) is 0 Å². The fraction of sp³-hybridized carbons (Fsp3) is 0.250. The molecule has 2 aromatic rings. The van der Waals surface area contributed by atoms with Gasteiger partial charge in [0.15, 0.2) is 11.3 Å². The lowest BCUT2D eigenvalue weighted by Crippen LogP contribution is -2.22. The molecule has 2 rings (SSSR count). The number of fused-ring (bicyclic) bond motifs is 1. The standard InChI is InChI=1S/C8H5F3N2O2/c1-4-6(8(9,10)11)13-5(2-3-15-13)12-7(4)14/h2-3H,1H3. The Morgan fingerprint density at radius 3 is 2.73 bits per heavy atom. The highest BCUT2D eigenvalue weighted by Gasteiger charge is 2.37. The fourth-order valence-electron chi connectivity index (χ4n) is 1.29. The molecule has 4 nitrogen and oxygen atoms in total. The number of nitrogens with zero attached hydrogens (tertiary/aromatic N) is 2. The minimum absolute atomic E-state index is 0.155. The average Bonchev–Trinajstić information content (AvgIpc) is 2.50. The third-order valence-corrected chi connectivity index (χ3v) is 1.96. The van der Waals surface area contributed by atoms with Gasteiger partial charge >= 0.3 is 6.18 Å². The summed E-state index contributed by atoms with van der Waals surface area (Å²) < 4.78 is 42.9. The van der Waals surface area contributed by atoms with Crippen molar-refractivity contribution in [2.24, 2.45) is 0 Å². The van der Waals surface area contributed by atoms with Gasteiger partial charge in [-0.1, -0.05) is 0 Å². The summed E-state index contributed by atoms with van der Waals surface area (Å²) in [6, 6.07) is 1.19. The molecule has 0 saturated carbocycles. The van der Waals surface area contributed by atoms with Crippen LogP contribution >= 0.6 is 0 Å². The van der Waals surface area contributed by atoms with Crippen LogP contribution < -0.4 is 5.56 Å². The van der Waals surface area contributed by atoms with E-state index in [0.29, 0.717) is 4.57 Å². The molecule has 2 aromatic heterocycles. The number of halogens is 3. The zero-order valence-electron chi connectivity index (χ0n) is 7.50. The van der Waals surface area contributed by atoms with Crippen molar-refractivity contribution >= 4 is 5.65 Å². The van der Waals surface area contributed by atoms with Crippen molar-refractivity contribution in [3.8, 4) is 0 Å². The molecule has 0 amide bonds. The van der Waals surface area contributed by atoms with Gasteiger partial charge in [0.05, 0.1) is 0 Å². The van der Waals surface area contributed by atoms with Crippen molar-refractivity contribution in [2.45, 2.75) is 13.1 Å². The molecule has 0 atom stereocenters. The van der Waals surface area contributed by atoms with Crippen LogP contribution in [0.15, 0.2) is 21.6 Å². The lowest BCUT2D eigenvalue weighted by molar-refractivity contribution is -0.146. The van der Waals surface area contributed by atoms with Crippen molar-refractivity contribution in [2.75, 3.05) is 0 Å². The highest BCUT2D eigenvalue weighted by atomic mass is 19.4. The van der Waals surface area contributed by atoms with Gasteiger partial charge in [0.1, 0.15) is 6.26 Å². The molecule has 0 N–H and O–H groups in total. The SMILES string of the molecule is Cc1c(C(F)(F)F)n2occc2nc1=O. The van der Waals surface area contributed by atoms with Gasteiger partial charge in [-0.2, -0.15) is 22.7 Å². The van der Waals surface area contributed by atoms with Crippen molar-refractivity contribution in [3.63, 3.8) is 0 Å². The molecule has 0 unspecified atom stereocenters. The van der Waals surface area contributed by atoms with Crippen LogP contribution in [0.25, 0.3) is 5.65 Å². The lowest BCUT2D eigenvalue weighted by atomic mass is 10.2. The summed E-state index contributed by atoms with van der Waals surface area (Å²) in [5.41, 5.74) is -2.65. The maximum absolute atomic E-state index is 12.6. The number of hydrogen-bond donors (Lipinski definition) is 0.